The van der Waals surface area contributed by atoms with Crippen molar-refractivity contribution in [3.63, 3.8) is 0 Å². The van der Waals surface area contributed by atoms with Gasteiger partial charge in [-0.25, -0.2) is 0 Å². The highest BCUT2D eigenvalue weighted by Gasteiger charge is 2.72. The fourth-order valence-corrected chi connectivity index (χ4v) is 4.77. The van der Waals surface area contributed by atoms with E-state index in [9.17, 15) is 4.79 Å². The van der Waals surface area contributed by atoms with Crippen molar-refractivity contribution in [2.24, 2.45) is 0 Å². The minimum Gasteiger partial charge on any atom is -0.459 e. The molecule has 4 aromatic carbocycles. The molecule has 4 aromatic rings. The second-order valence-electron chi connectivity index (χ2n) is 8.09. The number of fused-ring (bicyclic) bond motifs is 1. The van der Waals surface area contributed by atoms with E-state index >= 15 is 0 Å². The number of amides is 1. The zero-order chi connectivity index (χ0) is 21.5. The first kappa shape index (κ1) is 18.6. The third kappa shape index (κ3) is 2.71. The fourth-order valence-electron chi connectivity index (χ4n) is 4.77. The molecule has 0 aromatic heterocycles. The maximum Gasteiger partial charge on any atom is 0.262 e. The molecule has 2 heterocycles. The number of carbonyl (C=O) groups is 1. The Morgan fingerprint density at radius 2 is 1.12 bits per heavy atom. The van der Waals surface area contributed by atoms with Crippen LogP contribution in [0.1, 0.15) is 28.3 Å². The van der Waals surface area contributed by atoms with E-state index in [1.807, 2.05) is 114 Å². The number of hydrogen-bond donors (Lipinski definition) is 0. The van der Waals surface area contributed by atoms with Gasteiger partial charge in [-0.15, -0.1) is 0 Å². The van der Waals surface area contributed by atoms with E-state index in [0.717, 1.165) is 22.3 Å². The van der Waals surface area contributed by atoms with Crippen LogP contribution in [0.3, 0.4) is 0 Å². The molecule has 154 valence electrons. The van der Waals surface area contributed by atoms with Crippen molar-refractivity contribution in [2.45, 2.75) is 11.8 Å². The van der Waals surface area contributed by atoms with E-state index in [-0.39, 0.29) is 11.9 Å². The van der Waals surface area contributed by atoms with Gasteiger partial charge in [0.1, 0.15) is 11.8 Å². The smallest absolute Gasteiger partial charge is 0.262 e. The average Bonchev–Trinajstić information content (AvgIpc) is 3.57. The van der Waals surface area contributed by atoms with Crippen LogP contribution in [0.15, 0.2) is 121 Å². The summed E-state index contributed by atoms with van der Waals surface area (Å²) in [5, 5.41) is 0. The Morgan fingerprint density at radius 3 is 1.72 bits per heavy atom. The third-order valence-corrected chi connectivity index (χ3v) is 6.24. The Morgan fingerprint density at radius 1 is 0.625 bits per heavy atom. The lowest BCUT2D eigenvalue weighted by Gasteiger charge is -2.29. The maximum absolute atomic E-state index is 14.1. The van der Waals surface area contributed by atoms with Gasteiger partial charge in [0, 0.05) is 11.1 Å². The van der Waals surface area contributed by atoms with Crippen LogP contribution >= 0.6 is 0 Å². The Bertz CT molecular complexity index is 1300. The first-order valence-electron chi connectivity index (χ1n) is 10.8. The summed E-state index contributed by atoms with van der Waals surface area (Å²) in [6.07, 6.45) is 0. The molecule has 2 atom stereocenters. The molecule has 3 nitrogen and oxygen atoms in total. The second kappa shape index (κ2) is 7.24. The lowest BCUT2D eigenvalue weighted by atomic mass is 9.97. The summed E-state index contributed by atoms with van der Waals surface area (Å²) in [6, 6.07) is 39.7. The van der Waals surface area contributed by atoms with Crippen LogP contribution in [-0.4, -0.2) is 10.8 Å². The molecule has 0 N–H and O–H groups in total. The first-order chi connectivity index (χ1) is 15.8. The van der Waals surface area contributed by atoms with Crippen molar-refractivity contribution in [2.75, 3.05) is 0 Å². The van der Waals surface area contributed by atoms with E-state index in [0.29, 0.717) is 11.3 Å². The molecular weight excluding hydrogens is 394 g/mol. The zero-order valence-electron chi connectivity index (χ0n) is 17.4. The summed E-state index contributed by atoms with van der Waals surface area (Å²) in [4.78, 5) is 16.0. The average molecular weight is 415 g/mol. The predicted molar refractivity (Wildman–Crippen MR) is 125 cm³/mol. The van der Waals surface area contributed by atoms with Crippen LogP contribution in [-0.2, 0) is 15.3 Å². The van der Waals surface area contributed by atoms with Crippen molar-refractivity contribution in [1.29, 1.82) is 0 Å². The molecule has 0 unspecified atom stereocenters. The molecular formula is C29H21NO2. The van der Waals surface area contributed by atoms with Crippen LogP contribution in [0.2, 0.25) is 0 Å². The van der Waals surface area contributed by atoms with E-state index in [1.165, 1.54) is 0 Å². The highest BCUT2D eigenvalue weighted by atomic mass is 16.5. The van der Waals surface area contributed by atoms with Crippen molar-refractivity contribution in [1.82, 2.24) is 4.90 Å². The molecule has 1 fully saturated rings. The molecule has 32 heavy (non-hydrogen) atoms. The number of carbonyl (C=O) groups excluding carboxylic acids is 1. The quantitative estimate of drug-likeness (QED) is 0.381. The Kier molecular flexibility index (Phi) is 4.22. The molecule has 1 saturated heterocycles. The van der Waals surface area contributed by atoms with Crippen LogP contribution in [0.5, 0.6) is 0 Å². The Hall–Kier alpha value is -4.11. The monoisotopic (exact) mass is 415 g/mol. The number of ether oxygens (including phenoxy) is 1. The van der Waals surface area contributed by atoms with E-state index in [2.05, 4.69) is 12.1 Å². The van der Waals surface area contributed by atoms with Crippen LogP contribution in [0.4, 0.5) is 0 Å². The minimum atomic E-state index is -0.858. The summed E-state index contributed by atoms with van der Waals surface area (Å²) in [7, 11) is 0. The first-order valence-corrected chi connectivity index (χ1v) is 10.8. The van der Waals surface area contributed by atoms with Crippen molar-refractivity contribution in [3.05, 3.63) is 144 Å². The molecule has 0 saturated carbocycles. The zero-order valence-corrected chi connectivity index (χ0v) is 17.4. The van der Waals surface area contributed by atoms with Gasteiger partial charge in [-0.05, 0) is 11.1 Å². The van der Waals surface area contributed by atoms with Gasteiger partial charge in [-0.3, -0.25) is 9.69 Å². The maximum atomic E-state index is 14.1. The highest BCUT2D eigenvalue weighted by Crippen LogP contribution is 2.66. The summed E-state index contributed by atoms with van der Waals surface area (Å²) < 4.78 is 6.91. The van der Waals surface area contributed by atoms with E-state index in [4.69, 9.17) is 4.74 Å². The molecule has 0 spiro atoms. The van der Waals surface area contributed by atoms with Gasteiger partial charge in [0.05, 0.1) is 5.57 Å². The Labute approximate surface area is 187 Å². The topological polar surface area (TPSA) is 29.3 Å². The standard InChI is InChI=1S/C29H21NO2/c31-28-25(21-13-5-1-6-14-21)26(22-15-7-2-8-16-22)32-29(24-19-11-4-12-20-24)27(30(28)29)23-17-9-3-10-18-23/h1-20,27H/t27-,29-,30?/m0/s1. The molecule has 6 rings (SSSR count). The molecule has 0 bridgehead atoms. The molecule has 2 aliphatic heterocycles. The molecule has 3 heteroatoms. The number of benzene rings is 4. The van der Waals surface area contributed by atoms with Gasteiger partial charge in [0.25, 0.3) is 5.91 Å². The lowest BCUT2D eigenvalue weighted by molar-refractivity contribution is -0.125. The van der Waals surface area contributed by atoms with Gasteiger partial charge in [-0.1, -0.05) is 121 Å². The van der Waals surface area contributed by atoms with E-state index < -0.39 is 5.72 Å². The van der Waals surface area contributed by atoms with Gasteiger partial charge in [0.15, 0.2) is 0 Å². The van der Waals surface area contributed by atoms with Gasteiger partial charge in [0.2, 0.25) is 5.72 Å². The highest BCUT2D eigenvalue weighted by molar-refractivity contribution is 6.28. The van der Waals surface area contributed by atoms with Gasteiger partial charge >= 0.3 is 0 Å². The predicted octanol–water partition coefficient (Wildman–Crippen LogP) is 6.02. The van der Waals surface area contributed by atoms with Crippen molar-refractivity contribution in [3.8, 4) is 0 Å². The third-order valence-electron chi connectivity index (χ3n) is 6.24. The molecule has 1 amide bonds. The molecule has 0 aliphatic carbocycles. The summed E-state index contributed by atoms with van der Waals surface area (Å²) >= 11 is 0. The molecule has 0 radical (unpaired) electrons. The summed E-state index contributed by atoms with van der Waals surface area (Å²) in [5.41, 5.74) is 3.53. The van der Waals surface area contributed by atoms with Gasteiger partial charge in [-0.2, -0.15) is 0 Å². The van der Waals surface area contributed by atoms with Crippen LogP contribution in [0, 0.1) is 0 Å². The SMILES string of the molecule is O=C1C(c2ccccc2)=C(c2ccccc2)O[C@@]2(c3ccccc3)[C@H](c3ccccc3)N12. The number of rotatable bonds is 4. The van der Waals surface area contributed by atoms with Crippen molar-refractivity contribution >= 4 is 17.2 Å². The second-order valence-corrected chi connectivity index (χ2v) is 8.09. The summed E-state index contributed by atoms with van der Waals surface area (Å²) in [6.45, 7) is 0. The minimum absolute atomic E-state index is 0.0148. The largest absolute Gasteiger partial charge is 0.459 e. The number of nitrogens with zero attached hydrogens (tertiary/aromatic N) is 1. The van der Waals surface area contributed by atoms with Crippen LogP contribution < -0.4 is 0 Å². The van der Waals surface area contributed by atoms with Crippen LogP contribution in [0.25, 0.3) is 11.3 Å². The molecule has 2 aliphatic rings. The Balaban J connectivity index is 1.59. The fraction of sp³-hybridized carbons (Fsp3) is 0.0690. The van der Waals surface area contributed by atoms with Crippen molar-refractivity contribution < 1.29 is 9.53 Å². The van der Waals surface area contributed by atoms with E-state index in [1.54, 1.807) is 0 Å². The summed E-state index contributed by atoms with van der Waals surface area (Å²) in [5.74, 6) is 0.611. The normalized spacial score (nSPS) is 21.7. The van der Waals surface area contributed by atoms with Gasteiger partial charge < -0.3 is 4.74 Å². The lowest BCUT2D eigenvalue weighted by Crippen LogP contribution is -2.30. The number of hydrogen-bond acceptors (Lipinski definition) is 2.